The Bertz CT molecular complexity index is 368. The van der Waals surface area contributed by atoms with Crippen LogP contribution in [0.3, 0.4) is 0 Å². The molecule has 0 atom stereocenters. The molecule has 0 heterocycles. The summed E-state index contributed by atoms with van der Waals surface area (Å²) < 4.78 is 0. The molecule has 1 N–H and O–H groups in total. The largest absolute Gasteiger partial charge is 0.872 e. The van der Waals surface area contributed by atoms with Crippen LogP contribution in [0, 0.1) is 0 Å². The highest BCUT2D eigenvalue weighted by Gasteiger charge is 2.06. The van der Waals surface area contributed by atoms with E-state index in [4.69, 9.17) is 5.11 Å². The Hall–Kier alpha value is -1.84. The molecule has 0 saturated heterocycles. The molecule has 0 aromatic heterocycles. The van der Waals surface area contributed by atoms with Crippen molar-refractivity contribution in [3.05, 3.63) is 29.3 Å². The first-order valence-corrected chi connectivity index (χ1v) is 3.57. The fourth-order valence-electron chi connectivity index (χ4n) is 0.938. The van der Waals surface area contributed by atoms with Crippen molar-refractivity contribution < 1.29 is 19.8 Å². The van der Waals surface area contributed by atoms with Crippen molar-refractivity contribution in [2.75, 3.05) is 0 Å². The summed E-state index contributed by atoms with van der Waals surface area (Å²) in [5, 5.41) is 19.6. The van der Waals surface area contributed by atoms with Gasteiger partial charge in [0, 0.05) is 5.56 Å². The van der Waals surface area contributed by atoms with E-state index in [0.717, 1.165) is 12.1 Å². The fraction of sp³-hybridized carbons (Fsp3) is 0.111. The lowest BCUT2D eigenvalue weighted by Gasteiger charge is -2.10. The highest BCUT2D eigenvalue weighted by molar-refractivity contribution is 5.99. The van der Waals surface area contributed by atoms with Crippen LogP contribution in [0.2, 0.25) is 0 Å². The predicted octanol–water partition coefficient (Wildman–Crippen LogP) is 0.661. The molecule has 0 aliphatic rings. The number of rotatable bonds is 2. The molecular weight excluding hydrogens is 172 g/mol. The molecule has 1 aromatic carbocycles. The van der Waals surface area contributed by atoms with Gasteiger partial charge in [-0.15, -0.1) is 0 Å². The van der Waals surface area contributed by atoms with Crippen molar-refractivity contribution in [2.45, 2.75) is 6.92 Å². The monoisotopic (exact) mass is 179 g/mol. The third-order valence-corrected chi connectivity index (χ3v) is 1.61. The number of aromatic carboxylic acids is 1. The average molecular weight is 179 g/mol. The summed E-state index contributed by atoms with van der Waals surface area (Å²) in [5.74, 6) is -2.02. The Labute approximate surface area is 74.4 Å². The van der Waals surface area contributed by atoms with Crippen LogP contribution in [0.4, 0.5) is 0 Å². The molecule has 0 aliphatic heterocycles. The number of carboxylic acid groups (broad SMARTS) is 1. The first-order valence-electron chi connectivity index (χ1n) is 3.57. The number of carbonyl (C=O) groups is 2. The molecule has 4 nitrogen and oxygen atoms in total. The van der Waals surface area contributed by atoms with Crippen LogP contribution in [0.5, 0.6) is 5.75 Å². The summed E-state index contributed by atoms with van der Waals surface area (Å²) >= 11 is 0. The van der Waals surface area contributed by atoms with Crippen LogP contribution < -0.4 is 5.11 Å². The van der Waals surface area contributed by atoms with Gasteiger partial charge < -0.3 is 10.2 Å². The fourth-order valence-corrected chi connectivity index (χ4v) is 0.938. The third-order valence-electron chi connectivity index (χ3n) is 1.61. The van der Waals surface area contributed by atoms with Gasteiger partial charge in [-0.2, -0.15) is 0 Å². The molecule has 4 heteroatoms. The molecule has 1 aromatic rings. The molecule has 0 saturated carbocycles. The maximum absolute atomic E-state index is 11.0. The second-order valence-electron chi connectivity index (χ2n) is 2.57. The molecular formula is C9H7O4-. The van der Waals surface area contributed by atoms with E-state index in [2.05, 4.69) is 0 Å². The lowest BCUT2D eigenvalue weighted by Crippen LogP contribution is -2.05. The third kappa shape index (κ3) is 1.84. The topological polar surface area (TPSA) is 77.4 Å². The Morgan fingerprint density at radius 1 is 1.38 bits per heavy atom. The van der Waals surface area contributed by atoms with Gasteiger partial charge in [0.1, 0.15) is 0 Å². The Morgan fingerprint density at radius 2 is 2.00 bits per heavy atom. The molecule has 0 bridgehead atoms. The van der Waals surface area contributed by atoms with Gasteiger partial charge in [-0.25, -0.2) is 4.79 Å². The van der Waals surface area contributed by atoms with Crippen molar-refractivity contribution in [2.24, 2.45) is 0 Å². The first-order chi connectivity index (χ1) is 6.02. The van der Waals surface area contributed by atoms with Crippen molar-refractivity contribution in [3.63, 3.8) is 0 Å². The summed E-state index contributed by atoms with van der Waals surface area (Å²) in [6.07, 6.45) is 0. The van der Waals surface area contributed by atoms with E-state index in [1.807, 2.05) is 0 Å². The Morgan fingerprint density at radius 3 is 2.46 bits per heavy atom. The van der Waals surface area contributed by atoms with Crippen LogP contribution >= 0.6 is 0 Å². The number of hydrogen-bond acceptors (Lipinski definition) is 3. The summed E-state index contributed by atoms with van der Waals surface area (Å²) in [4.78, 5) is 21.3. The number of Topliss-reactive ketones (excluding diaryl/α,β-unsaturated/α-hetero) is 1. The summed E-state index contributed by atoms with van der Waals surface area (Å²) in [6, 6.07) is 3.35. The Kier molecular flexibility index (Phi) is 2.32. The smallest absolute Gasteiger partial charge is 0.335 e. The van der Waals surface area contributed by atoms with E-state index in [0.29, 0.717) is 0 Å². The summed E-state index contributed by atoms with van der Waals surface area (Å²) in [7, 11) is 0. The highest BCUT2D eigenvalue weighted by atomic mass is 16.4. The van der Waals surface area contributed by atoms with Gasteiger partial charge in [-0.05, 0) is 19.1 Å². The van der Waals surface area contributed by atoms with Crippen molar-refractivity contribution in [3.8, 4) is 5.75 Å². The van der Waals surface area contributed by atoms with E-state index < -0.39 is 17.5 Å². The molecule has 0 unspecified atom stereocenters. The van der Waals surface area contributed by atoms with Gasteiger partial charge in [-0.1, -0.05) is 11.8 Å². The lowest BCUT2D eigenvalue weighted by atomic mass is 10.1. The van der Waals surface area contributed by atoms with E-state index in [-0.39, 0.29) is 11.1 Å². The van der Waals surface area contributed by atoms with Gasteiger partial charge in [0.05, 0.1) is 5.56 Å². The molecule has 0 fully saturated rings. The average Bonchev–Trinajstić information content (AvgIpc) is 2.04. The first kappa shape index (κ1) is 9.25. The number of hydrogen-bond donors (Lipinski definition) is 1. The second-order valence-corrected chi connectivity index (χ2v) is 2.57. The van der Waals surface area contributed by atoms with Crippen LogP contribution in [0.1, 0.15) is 27.6 Å². The molecule has 0 aliphatic carbocycles. The van der Waals surface area contributed by atoms with Crippen molar-refractivity contribution >= 4 is 11.8 Å². The molecule has 13 heavy (non-hydrogen) atoms. The Balaban J connectivity index is 3.27. The van der Waals surface area contributed by atoms with Crippen molar-refractivity contribution in [1.82, 2.24) is 0 Å². The minimum absolute atomic E-state index is 0.0511. The zero-order chi connectivity index (χ0) is 10.0. The van der Waals surface area contributed by atoms with Crippen LogP contribution in [0.25, 0.3) is 0 Å². The van der Waals surface area contributed by atoms with Gasteiger partial charge in [0.15, 0.2) is 5.78 Å². The molecule has 68 valence electrons. The second kappa shape index (κ2) is 3.26. The molecule has 0 spiro atoms. The standard InChI is InChI=1S/C9H8O4/c1-5(10)7-4-6(9(12)13)2-3-8(7)11/h2-4,11H,1H3,(H,12,13)/p-1. The van der Waals surface area contributed by atoms with E-state index in [9.17, 15) is 14.7 Å². The molecule has 0 radical (unpaired) electrons. The van der Waals surface area contributed by atoms with Gasteiger partial charge in [0.2, 0.25) is 0 Å². The number of benzene rings is 1. The SMILES string of the molecule is CC(=O)c1cc(C(=O)O)ccc1[O-]. The molecule has 1 rings (SSSR count). The van der Waals surface area contributed by atoms with Crippen LogP contribution in [0.15, 0.2) is 18.2 Å². The van der Waals surface area contributed by atoms with E-state index in [1.165, 1.54) is 13.0 Å². The van der Waals surface area contributed by atoms with E-state index >= 15 is 0 Å². The van der Waals surface area contributed by atoms with Crippen LogP contribution in [-0.4, -0.2) is 16.9 Å². The van der Waals surface area contributed by atoms with Crippen LogP contribution in [-0.2, 0) is 0 Å². The zero-order valence-electron chi connectivity index (χ0n) is 6.90. The summed E-state index contributed by atoms with van der Waals surface area (Å²) in [6.45, 7) is 1.22. The van der Waals surface area contributed by atoms with Crippen molar-refractivity contribution in [1.29, 1.82) is 0 Å². The highest BCUT2D eigenvalue weighted by Crippen LogP contribution is 2.16. The minimum atomic E-state index is -1.15. The maximum atomic E-state index is 11.0. The minimum Gasteiger partial charge on any atom is -0.872 e. The number of carboxylic acids is 1. The lowest BCUT2D eigenvalue weighted by molar-refractivity contribution is -0.268. The number of ketones is 1. The van der Waals surface area contributed by atoms with Gasteiger partial charge in [-0.3, -0.25) is 4.79 Å². The van der Waals surface area contributed by atoms with Gasteiger partial charge in [0.25, 0.3) is 0 Å². The van der Waals surface area contributed by atoms with Gasteiger partial charge >= 0.3 is 5.97 Å². The molecule has 0 amide bonds. The summed E-state index contributed by atoms with van der Waals surface area (Å²) in [5.41, 5.74) is -0.135. The quantitative estimate of drug-likeness (QED) is 0.676. The van der Waals surface area contributed by atoms with E-state index in [1.54, 1.807) is 0 Å². The predicted molar refractivity (Wildman–Crippen MR) is 42.9 cm³/mol. The number of carbonyl (C=O) groups excluding carboxylic acids is 1. The normalized spacial score (nSPS) is 9.62. The zero-order valence-corrected chi connectivity index (χ0v) is 6.90. The maximum Gasteiger partial charge on any atom is 0.335 e.